The van der Waals surface area contributed by atoms with E-state index in [1.807, 2.05) is 24.3 Å². The third-order valence-electron chi connectivity index (χ3n) is 4.00. The van der Waals surface area contributed by atoms with E-state index in [9.17, 15) is 14.7 Å². The number of anilines is 1. The van der Waals surface area contributed by atoms with E-state index in [2.05, 4.69) is 17.2 Å². The van der Waals surface area contributed by atoms with Crippen molar-refractivity contribution in [3.8, 4) is 0 Å². The molecule has 0 atom stereocenters. The predicted octanol–water partition coefficient (Wildman–Crippen LogP) is 2.28. The van der Waals surface area contributed by atoms with Crippen LogP contribution in [0.1, 0.15) is 28.5 Å². The molecule has 5 heteroatoms. The average Bonchev–Trinajstić information content (AvgIpc) is 2.94. The van der Waals surface area contributed by atoms with E-state index in [1.165, 1.54) is 5.56 Å². The molecule has 5 nitrogen and oxygen atoms in total. The molecular weight excluding hydrogens is 304 g/mol. The molecule has 1 aromatic heterocycles. The number of carboxylic acids is 1. The van der Waals surface area contributed by atoms with Crippen molar-refractivity contribution in [1.29, 1.82) is 0 Å². The van der Waals surface area contributed by atoms with Crippen LogP contribution in [0.2, 0.25) is 0 Å². The number of hydrogen-bond donors (Lipinski definition) is 2. The lowest BCUT2D eigenvalue weighted by atomic mass is 10.1. The van der Waals surface area contributed by atoms with E-state index >= 15 is 0 Å². The number of carboxylic acid groups (broad SMARTS) is 1. The number of benzene rings is 2. The molecule has 0 radical (unpaired) electrons. The Kier molecular flexibility index (Phi) is 4.33. The molecule has 0 aliphatic heterocycles. The molecule has 0 fully saturated rings. The summed E-state index contributed by atoms with van der Waals surface area (Å²) in [4.78, 5) is 26.4. The van der Waals surface area contributed by atoms with Gasteiger partial charge in [0, 0.05) is 16.6 Å². The summed E-state index contributed by atoms with van der Waals surface area (Å²) in [7, 11) is 0. The Bertz CT molecular complexity index is 895. The van der Waals surface area contributed by atoms with Crippen molar-refractivity contribution in [2.24, 2.45) is 0 Å². The molecule has 122 valence electrons. The van der Waals surface area contributed by atoms with Crippen molar-refractivity contribution < 1.29 is 14.7 Å². The number of aromatic nitrogens is 1. The van der Waals surface area contributed by atoms with Gasteiger partial charge in [-0.05, 0) is 35.7 Å². The number of amides is 1. The number of para-hydroxylation sites is 1. The topological polar surface area (TPSA) is 85.0 Å². The Morgan fingerprint density at radius 1 is 1.08 bits per heavy atom. The number of aromatic carboxylic acids is 1. The van der Waals surface area contributed by atoms with Crippen molar-refractivity contribution in [2.45, 2.75) is 19.8 Å². The highest BCUT2D eigenvalue weighted by Crippen LogP contribution is 2.23. The average molecular weight is 321 g/mol. The van der Waals surface area contributed by atoms with Gasteiger partial charge in [-0.1, -0.05) is 37.3 Å². The minimum Gasteiger partial charge on any atom is -0.543 e. The number of carbonyl (C=O) groups is 2. The minimum absolute atomic E-state index is 0.0388. The largest absolute Gasteiger partial charge is 0.543 e. The van der Waals surface area contributed by atoms with Gasteiger partial charge in [0.2, 0.25) is 5.91 Å². The van der Waals surface area contributed by atoms with Gasteiger partial charge in [-0.2, -0.15) is 0 Å². The highest BCUT2D eigenvalue weighted by atomic mass is 16.4. The monoisotopic (exact) mass is 321 g/mol. The SMILES string of the molecule is CCc1ccc(NC(=O)Cc2c(C(=O)[O-])[nH]c3ccccc23)cc1. The van der Waals surface area contributed by atoms with Crippen LogP contribution in [0.3, 0.4) is 0 Å². The molecule has 24 heavy (non-hydrogen) atoms. The van der Waals surface area contributed by atoms with Gasteiger partial charge in [0.25, 0.3) is 0 Å². The molecule has 0 aliphatic carbocycles. The fourth-order valence-corrected chi connectivity index (χ4v) is 2.75. The van der Waals surface area contributed by atoms with E-state index in [0.29, 0.717) is 22.2 Å². The molecule has 3 aromatic rings. The molecule has 0 spiro atoms. The highest BCUT2D eigenvalue weighted by Gasteiger charge is 2.15. The number of rotatable bonds is 5. The van der Waals surface area contributed by atoms with Gasteiger partial charge in [-0.15, -0.1) is 0 Å². The lowest BCUT2D eigenvalue weighted by Gasteiger charge is -2.08. The van der Waals surface area contributed by atoms with Gasteiger partial charge >= 0.3 is 0 Å². The van der Waals surface area contributed by atoms with Crippen LogP contribution in [0.25, 0.3) is 10.9 Å². The molecule has 0 aliphatic rings. The Hall–Kier alpha value is -3.08. The molecule has 1 amide bonds. The molecule has 2 N–H and O–H groups in total. The quantitative estimate of drug-likeness (QED) is 0.756. The zero-order valence-electron chi connectivity index (χ0n) is 13.3. The lowest BCUT2D eigenvalue weighted by Crippen LogP contribution is -2.25. The van der Waals surface area contributed by atoms with Gasteiger partial charge in [0.05, 0.1) is 18.1 Å². The molecular formula is C19H17N2O3-. The second-order valence-electron chi connectivity index (χ2n) is 5.59. The van der Waals surface area contributed by atoms with Crippen LogP contribution >= 0.6 is 0 Å². The molecule has 0 saturated carbocycles. The van der Waals surface area contributed by atoms with E-state index in [0.717, 1.165) is 6.42 Å². The number of H-pyrrole nitrogens is 1. The third kappa shape index (κ3) is 3.15. The predicted molar refractivity (Wildman–Crippen MR) is 90.8 cm³/mol. The van der Waals surface area contributed by atoms with Gasteiger partial charge in [-0.3, -0.25) is 4.79 Å². The summed E-state index contributed by atoms with van der Waals surface area (Å²) >= 11 is 0. The van der Waals surface area contributed by atoms with Crippen molar-refractivity contribution in [3.63, 3.8) is 0 Å². The zero-order valence-corrected chi connectivity index (χ0v) is 13.3. The van der Waals surface area contributed by atoms with Crippen LogP contribution < -0.4 is 10.4 Å². The number of nitrogens with one attached hydrogen (secondary N) is 2. The summed E-state index contributed by atoms with van der Waals surface area (Å²) in [6.45, 7) is 2.06. The maximum absolute atomic E-state index is 12.3. The van der Waals surface area contributed by atoms with Gasteiger partial charge in [0.1, 0.15) is 0 Å². The second kappa shape index (κ2) is 6.58. The Morgan fingerprint density at radius 3 is 2.46 bits per heavy atom. The summed E-state index contributed by atoms with van der Waals surface area (Å²) < 4.78 is 0. The van der Waals surface area contributed by atoms with Crippen LogP contribution in [0, 0.1) is 0 Å². The third-order valence-corrected chi connectivity index (χ3v) is 4.00. The van der Waals surface area contributed by atoms with Crippen LogP contribution in [-0.2, 0) is 17.6 Å². The van der Waals surface area contributed by atoms with E-state index < -0.39 is 5.97 Å². The fraction of sp³-hybridized carbons (Fsp3) is 0.158. The highest BCUT2D eigenvalue weighted by molar-refractivity contribution is 6.01. The van der Waals surface area contributed by atoms with E-state index in [1.54, 1.807) is 24.3 Å². The first kappa shape index (κ1) is 15.8. The molecule has 2 aromatic carbocycles. The summed E-state index contributed by atoms with van der Waals surface area (Å²) in [5.41, 5.74) is 2.93. The van der Waals surface area contributed by atoms with Gasteiger partial charge < -0.3 is 20.2 Å². The Balaban J connectivity index is 1.84. The maximum atomic E-state index is 12.3. The molecule has 0 unspecified atom stereocenters. The summed E-state index contributed by atoms with van der Waals surface area (Å²) in [6, 6.07) is 14.7. The van der Waals surface area contributed by atoms with E-state index in [4.69, 9.17) is 0 Å². The zero-order chi connectivity index (χ0) is 17.1. The lowest BCUT2D eigenvalue weighted by molar-refractivity contribution is -0.255. The van der Waals surface area contributed by atoms with Crippen molar-refractivity contribution in [1.82, 2.24) is 4.98 Å². The van der Waals surface area contributed by atoms with Crippen LogP contribution in [-0.4, -0.2) is 16.9 Å². The first-order valence-corrected chi connectivity index (χ1v) is 7.78. The molecule has 1 heterocycles. The molecule has 3 rings (SSSR count). The van der Waals surface area contributed by atoms with Crippen molar-refractivity contribution in [2.75, 3.05) is 5.32 Å². The first-order valence-electron chi connectivity index (χ1n) is 7.78. The maximum Gasteiger partial charge on any atom is 0.228 e. The standard InChI is InChI=1S/C19H18N2O3/c1-2-12-7-9-13(10-8-12)20-17(22)11-15-14-5-3-4-6-16(14)21-18(15)19(23)24/h3-10,21H,2,11H2,1H3,(H,20,22)(H,23,24)/p-1. The number of hydrogen-bond acceptors (Lipinski definition) is 3. The van der Waals surface area contributed by atoms with Crippen molar-refractivity contribution >= 4 is 28.5 Å². The Labute approximate surface area is 139 Å². The molecule has 0 bridgehead atoms. The Morgan fingerprint density at radius 2 is 1.79 bits per heavy atom. The number of carbonyl (C=O) groups excluding carboxylic acids is 2. The van der Waals surface area contributed by atoms with Crippen LogP contribution in [0.4, 0.5) is 5.69 Å². The van der Waals surface area contributed by atoms with Crippen LogP contribution in [0.5, 0.6) is 0 Å². The van der Waals surface area contributed by atoms with Crippen LogP contribution in [0.15, 0.2) is 48.5 Å². The number of aromatic amines is 1. The van der Waals surface area contributed by atoms with Crippen molar-refractivity contribution in [3.05, 3.63) is 65.4 Å². The normalized spacial score (nSPS) is 10.7. The summed E-state index contributed by atoms with van der Waals surface area (Å²) in [5, 5.41) is 14.8. The van der Waals surface area contributed by atoms with E-state index in [-0.39, 0.29) is 18.0 Å². The fourth-order valence-electron chi connectivity index (χ4n) is 2.75. The second-order valence-corrected chi connectivity index (χ2v) is 5.59. The molecule has 0 saturated heterocycles. The number of fused-ring (bicyclic) bond motifs is 1. The summed E-state index contributed by atoms with van der Waals surface area (Å²) in [5.74, 6) is -1.59. The van der Waals surface area contributed by atoms with Gasteiger partial charge in [-0.25, -0.2) is 0 Å². The minimum atomic E-state index is -1.32. The smallest absolute Gasteiger partial charge is 0.228 e. The first-order chi connectivity index (χ1) is 11.6. The van der Waals surface area contributed by atoms with Gasteiger partial charge in [0.15, 0.2) is 0 Å². The number of aryl methyl sites for hydroxylation is 1. The summed E-state index contributed by atoms with van der Waals surface area (Å²) in [6.07, 6.45) is 0.890.